The fraction of sp³-hybridized carbons (Fsp3) is 0.250. The van der Waals surface area contributed by atoms with Crippen molar-refractivity contribution in [1.82, 2.24) is 5.32 Å². The van der Waals surface area contributed by atoms with Crippen molar-refractivity contribution in [2.24, 2.45) is 0 Å². The molecule has 0 atom stereocenters. The number of carboxylic acid groups (broad SMARTS) is 1. The zero-order chi connectivity index (χ0) is 18.1. The predicted molar refractivity (Wildman–Crippen MR) is 102 cm³/mol. The topological polar surface area (TPSA) is 62.5 Å². The Morgan fingerprint density at radius 1 is 1.15 bits per heavy atom. The van der Waals surface area contributed by atoms with Crippen LogP contribution in [0.5, 0.6) is 0 Å². The molecule has 0 spiro atoms. The first kappa shape index (κ1) is 17.1. The van der Waals surface area contributed by atoms with Crippen LogP contribution < -0.4 is 5.32 Å². The molecule has 0 radical (unpaired) electrons. The number of aromatic carboxylic acids is 1. The van der Waals surface area contributed by atoms with E-state index >= 15 is 0 Å². The summed E-state index contributed by atoms with van der Waals surface area (Å²) in [6, 6.07) is 12.1. The number of hydrogen-bond donors (Lipinski definition) is 2. The van der Waals surface area contributed by atoms with E-state index in [-0.39, 0.29) is 11.1 Å². The Hall–Kier alpha value is -2.31. The SMILES string of the molecule is O=C(O)c1cc(F)cc2cc(-c3ccc(C[S+]4CCNCC4)cc3)oc12. The molecular formula is C20H19FNO3S+. The number of rotatable bonds is 4. The van der Waals surface area contributed by atoms with Crippen molar-refractivity contribution in [1.29, 1.82) is 0 Å². The molecule has 0 bridgehead atoms. The van der Waals surface area contributed by atoms with Crippen LogP contribution in [0.1, 0.15) is 15.9 Å². The zero-order valence-electron chi connectivity index (χ0n) is 14.1. The third-order valence-electron chi connectivity index (χ3n) is 4.56. The molecule has 134 valence electrons. The van der Waals surface area contributed by atoms with Crippen LogP contribution in [0.3, 0.4) is 0 Å². The molecule has 26 heavy (non-hydrogen) atoms. The number of halogens is 1. The van der Waals surface area contributed by atoms with Gasteiger partial charge in [0.1, 0.15) is 40.0 Å². The van der Waals surface area contributed by atoms with Gasteiger partial charge < -0.3 is 14.8 Å². The average molecular weight is 372 g/mol. The van der Waals surface area contributed by atoms with Crippen LogP contribution in [0, 0.1) is 5.82 Å². The van der Waals surface area contributed by atoms with Gasteiger partial charge in [0.25, 0.3) is 0 Å². The van der Waals surface area contributed by atoms with Gasteiger partial charge in [-0.2, -0.15) is 0 Å². The number of furan rings is 1. The summed E-state index contributed by atoms with van der Waals surface area (Å²) in [6.45, 7) is 2.20. The molecule has 6 heteroatoms. The molecule has 1 fully saturated rings. The maximum atomic E-state index is 13.6. The van der Waals surface area contributed by atoms with Crippen molar-refractivity contribution < 1.29 is 18.7 Å². The minimum atomic E-state index is -1.20. The van der Waals surface area contributed by atoms with Crippen LogP contribution in [0.25, 0.3) is 22.3 Å². The van der Waals surface area contributed by atoms with Crippen LogP contribution in [0.2, 0.25) is 0 Å². The van der Waals surface area contributed by atoms with Crippen molar-refractivity contribution in [3.05, 3.63) is 59.4 Å². The Morgan fingerprint density at radius 2 is 1.88 bits per heavy atom. The second-order valence-electron chi connectivity index (χ2n) is 6.40. The first-order valence-electron chi connectivity index (χ1n) is 8.51. The van der Waals surface area contributed by atoms with Crippen LogP contribution in [-0.4, -0.2) is 35.7 Å². The van der Waals surface area contributed by atoms with Gasteiger partial charge in [-0.1, -0.05) is 24.3 Å². The Labute approximate surface area is 153 Å². The molecule has 1 aliphatic rings. The number of nitrogens with one attached hydrogen (secondary N) is 1. The van der Waals surface area contributed by atoms with Crippen LogP contribution in [-0.2, 0) is 16.6 Å². The summed E-state index contributed by atoms with van der Waals surface area (Å²) in [6.07, 6.45) is 0. The summed E-state index contributed by atoms with van der Waals surface area (Å²) in [5, 5.41) is 13.1. The van der Waals surface area contributed by atoms with E-state index in [1.807, 2.05) is 12.1 Å². The van der Waals surface area contributed by atoms with E-state index in [1.54, 1.807) is 6.07 Å². The summed E-state index contributed by atoms with van der Waals surface area (Å²) in [5.41, 5.74) is 2.20. The van der Waals surface area contributed by atoms with Crippen molar-refractivity contribution in [3.8, 4) is 11.3 Å². The van der Waals surface area contributed by atoms with E-state index in [4.69, 9.17) is 4.42 Å². The molecule has 0 unspecified atom stereocenters. The van der Waals surface area contributed by atoms with E-state index in [9.17, 15) is 14.3 Å². The molecule has 0 aliphatic carbocycles. The molecule has 3 aromatic rings. The summed E-state index contributed by atoms with van der Waals surface area (Å²) in [5.74, 6) is 2.32. The van der Waals surface area contributed by atoms with E-state index in [0.29, 0.717) is 22.0 Å². The second kappa shape index (κ2) is 7.13. The first-order chi connectivity index (χ1) is 12.6. The van der Waals surface area contributed by atoms with Crippen molar-refractivity contribution in [3.63, 3.8) is 0 Å². The highest BCUT2D eigenvalue weighted by Crippen LogP contribution is 2.31. The summed E-state index contributed by atoms with van der Waals surface area (Å²) >= 11 is 0. The minimum Gasteiger partial charge on any atom is -0.478 e. The van der Waals surface area contributed by atoms with Gasteiger partial charge in [0.2, 0.25) is 0 Å². The van der Waals surface area contributed by atoms with Gasteiger partial charge in [0, 0.05) is 29.6 Å². The van der Waals surface area contributed by atoms with Gasteiger partial charge in [-0.05, 0) is 29.1 Å². The Kier molecular flexibility index (Phi) is 4.70. The normalized spacial score (nSPS) is 15.4. The maximum Gasteiger partial charge on any atom is 0.339 e. The quantitative estimate of drug-likeness (QED) is 0.686. The molecule has 0 amide bonds. The number of benzene rings is 2. The van der Waals surface area contributed by atoms with Gasteiger partial charge >= 0.3 is 5.97 Å². The lowest BCUT2D eigenvalue weighted by Crippen LogP contribution is -2.36. The fourth-order valence-electron chi connectivity index (χ4n) is 3.22. The van der Waals surface area contributed by atoms with E-state index in [1.165, 1.54) is 23.1 Å². The van der Waals surface area contributed by atoms with Gasteiger partial charge in [-0.3, -0.25) is 0 Å². The van der Waals surface area contributed by atoms with Gasteiger partial charge in [-0.25, -0.2) is 9.18 Å². The third-order valence-corrected chi connectivity index (χ3v) is 6.86. The molecular weight excluding hydrogens is 353 g/mol. The maximum absolute atomic E-state index is 13.6. The molecule has 1 aliphatic heterocycles. The Balaban J connectivity index is 1.61. The smallest absolute Gasteiger partial charge is 0.339 e. The predicted octanol–water partition coefficient (Wildman–Crippen LogP) is 3.66. The van der Waals surface area contributed by atoms with E-state index in [2.05, 4.69) is 17.4 Å². The number of hydrogen-bond acceptors (Lipinski definition) is 3. The highest BCUT2D eigenvalue weighted by Gasteiger charge is 2.22. The molecule has 1 saturated heterocycles. The largest absolute Gasteiger partial charge is 0.478 e. The highest BCUT2D eigenvalue weighted by atomic mass is 32.2. The Bertz CT molecular complexity index is 946. The minimum absolute atomic E-state index is 0.157. The molecule has 4 nitrogen and oxygen atoms in total. The van der Waals surface area contributed by atoms with Gasteiger partial charge in [0.05, 0.1) is 0 Å². The molecule has 2 aromatic carbocycles. The third kappa shape index (κ3) is 3.48. The lowest BCUT2D eigenvalue weighted by molar-refractivity contribution is 0.0697. The van der Waals surface area contributed by atoms with Crippen LogP contribution in [0.15, 0.2) is 46.9 Å². The van der Waals surface area contributed by atoms with E-state index < -0.39 is 11.8 Å². The lowest BCUT2D eigenvalue weighted by atomic mass is 10.1. The number of carboxylic acids is 1. The fourth-order valence-corrected chi connectivity index (χ4v) is 5.25. The van der Waals surface area contributed by atoms with Crippen LogP contribution in [0.4, 0.5) is 4.39 Å². The zero-order valence-corrected chi connectivity index (χ0v) is 14.9. The molecule has 2 N–H and O–H groups in total. The van der Waals surface area contributed by atoms with Crippen molar-refractivity contribution in [2.45, 2.75) is 5.75 Å². The van der Waals surface area contributed by atoms with Crippen LogP contribution >= 0.6 is 0 Å². The molecule has 1 aromatic heterocycles. The lowest BCUT2D eigenvalue weighted by Gasteiger charge is -2.15. The molecule has 0 saturated carbocycles. The molecule has 2 heterocycles. The van der Waals surface area contributed by atoms with Crippen molar-refractivity contribution >= 4 is 27.8 Å². The summed E-state index contributed by atoms with van der Waals surface area (Å²) < 4.78 is 19.4. The highest BCUT2D eigenvalue weighted by molar-refractivity contribution is 7.96. The van der Waals surface area contributed by atoms with Gasteiger partial charge in [-0.15, -0.1) is 0 Å². The van der Waals surface area contributed by atoms with E-state index in [0.717, 1.165) is 30.5 Å². The number of carbonyl (C=O) groups is 1. The monoisotopic (exact) mass is 372 g/mol. The molecule has 4 rings (SSSR count). The number of fused-ring (bicyclic) bond motifs is 1. The standard InChI is InChI=1S/C20H18FNO3S/c21-16-9-15-10-18(25-19(15)17(11-16)20(23)24)14-3-1-13(2-4-14)12-26-7-5-22-6-8-26/h1-4,9-11,22H,5-8,12H2/p+1. The first-order valence-corrected chi connectivity index (χ1v) is 10.2. The summed E-state index contributed by atoms with van der Waals surface area (Å²) in [7, 11) is 0.437. The average Bonchev–Trinajstić information content (AvgIpc) is 3.06. The second-order valence-corrected chi connectivity index (χ2v) is 8.73. The van der Waals surface area contributed by atoms with Crippen molar-refractivity contribution in [2.75, 3.05) is 24.6 Å². The Morgan fingerprint density at radius 3 is 2.58 bits per heavy atom. The summed E-state index contributed by atoms with van der Waals surface area (Å²) in [4.78, 5) is 11.3. The van der Waals surface area contributed by atoms with Gasteiger partial charge in [0.15, 0.2) is 0 Å².